The van der Waals surface area contributed by atoms with E-state index in [0.717, 1.165) is 13.0 Å². The minimum Gasteiger partial charge on any atom is -0.349 e. The van der Waals surface area contributed by atoms with Gasteiger partial charge in [-0.25, -0.2) is 4.99 Å². The molecule has 0 saturated carbocycles. The third kappa shape index (κ3) is 3.15. The first-order chi connectivity index (χ1) is 7.33. The van der Waals surface area contributed by atoms with Crippen LogP contribution in [0.4, 0.5) is 5.69 Å². The summed E-state index contributed by atoms with van der Waals surface area (Å²) in [5.41, 5.74) is 1.18. The lowest BCUT2D eigenvalue weighted by atomic mass is 10.2. The summed E-state index contributed by atoms with van der Waals surface area (Å²) in [7, 11) is 0. The Morgan fingerprint density at radius 2 is 2.00 bits per heavy atom. The van der Waals surface area contributed by atoms with Crippen molar-refractivity contribution >= 4 is 23.1 Å². The van der Waals surface area contributed by atoms with Crippen molar-refractivity contribution in [3.8, 4) is 0 Å². The summed E-state index contributed by atoms with van der Waals surface area (Å²) >= 11 is 4.67. The van der Waals surface area contributed by atoms with Gasteiger partial charge in [0.25, 0.3) is 0 Å². The average Bonchev–Trinajstić information content (AvgIpc) is 2.30. The van der Waals surface area contributed by atoms with Crippen LogP contribution in [0.5, 0.6) is 0 Å². The molecule has 3 heteroatoms. The van der Waals surface area contributed by atoms with E-state index in [1.54, 1.807) is 0 Å². The molecule has 0 heterocycles. The SMILES string of the molecule is CCC(N=C=S)N(CC)c1ccccc1. The van der Waals surface area contributed by atoms with Gasteiger partial charge in [-0.2, -0.15) is 0 Å². The number of hydrogen-bond donors (Lipinski definition) is 0. The molecule has 0 amide bonds. The summed E-state index contributed by atoms with van der Waals surface area (Å²) in [6, 6.07) is 10.3. The zero-order valence-electron chi connectivity index (χ0n) is 9.18. The Morgan fingerprint density at radius 1 is 1.33 bits per heavy atom. The number of thiocarbonyl (C=S) groups is 1. The number of rotatable bonds is 5. The van der Waals surface area contributed by atoms with Crippen LogP contribution < -0.4 is 4.90 Å². The van der Waals surface area contributed by atoms with Crippen molar-refractivity contribution in [1.82, 2.24) is 0 Å². The third-order valence-electron chi connectivity index (χ3n) is 2.36. The Bertz CT molecular complexity index is 331. The van der Waals surface area contributed by atoms with E-state index in [4.69, 9.17) is 0 Å². The molecule has 15 heavy (non-hydrogen) atoms. The van der Waals surface area contributed by atoms with E-state index < -0.39 is 0 Å². The molecule has 80 valence electrons. The topological polar surface area (TPSA) is 15.6 Å². The molecule has 2 nitrogen and oxygen atoms in total. The monoisotopic (exact) mass is 220 g/mol. The Labute approximate surface area is 96.6 Å². The van der Waals surface area contributed by atoms with Crippen LogP contribution in [0.1, 0.15) is 20.3 Å². The molecule has 1 unspecified atom stereocenters. The largest absolute Gasteiger partial charge is 0.349 e. The molecule has 0 aliphatic heterocycles. The molecule has 0 aromatic heterocycles. The lowest BCUT2D eigenvalue weighted by Gasteiger charge is -2.28. The van der Waals surface area contributed by atoms with Gasteiger partial charge in [-0.05, 0) is 37.7 Å². The van der Waals surface area contributed by atoms with Crippen LogP contribution in [0, 0.1) is 0 Å². The highest BCUT2D eigenvalue weighted by molar-refractivity contribution is 7.78. The number of benzene rings is 1. The maximum atomic E-state index is 4.67. The summed E-state index contributed by atoms with van der Waals surface area (Å²) in [6.07, 6.45) is 1.04. The van der Waals surface area contributed by atoms with Crippen LogP contribution in [0.3, 0.4) is 0 Å². The standard InChI is InChI=1S/C12H16N2S/c1-3-12(13-10-15)14(4-2)11-8-6-5-7-9-11/h5-9,12H,3-4H2,1-2H3. The van der Waals surface area contributed by atoms with Gasteiger partial charge in [0.15, 0.2) is 0 Å². The molecular weight excluding hydrogens is 204 g/mol. The molecule has 0 aliphatic carbocycles. The van der Waals surface area contributed by atoms with Gasteiger partial charge in [0.1, 0.15) is 6.17 Å². The van der Waals surface area contributed by atoms with Gasteiger partial charge >= 0.3 is 0 Å². The molecule has 0 radical (unpaired) electrons. The average molecular weight is 220 g/mol. The van der Waals surface area contributed by atoms with Gasteiger partial charge in [0.05, 0.1) is 5.16 Å². The number of anilines is 1. The Kier molecular flexibility index (Phi) is 5.02. The van der Waals surface area contributed by atoms with E-state index in [-0.39, 0.29) is 6.17 Å². The molecule has 0 bridgehead atoms. The number of aliphatic imine (C=N–C) groups is 1. The predicted molar refractivity (Wildman–Crippen MR) is 68.6 cm³/mol. The van der Waals surface area contributed by atoms with E-state index in [0.29, 0.717) is 0 Å². The van der Waals surface area contributed by atoms with E-state index in [1.165, 1.54) is 5.69 Å². The van der Waals surface area contributed by atoms with Crippen LogP contribution in [-0.4, -0.2) is 17.9 Å². The Balaban J connectivity index is 2.92. The second-order valence-electron chi connectivity index (χ2n) is 3.23. The van der Waals surface area contributed by atoms with Crippen molar-refractivity contribution in [2.75, 3.05) is 11.4 Å². The van der Waals surface area contributed by atoms with Crippen LogP contribution in [0.2, 0.25) is 0 Å². The van der Waals surface area contributed by atoms with Crippen molar-refractivity contribution in [3.63, 3.8) is 0 Å². The molecule has 1 aromatic carbocycles. The molecule has 0 aliphatic rings. The van der Waals surface area contributed by atoms with Crippen LogP contribution in [-0.2, 0) is 0 Å². The second-order valence-corrected chi connectivity index (χ2v) is 3.41. The Morgan fingerprint density at radius 3 is 2.47 bits per heavy atom. The summed E-state index contributed by atoms with van der Waals surface area (Å²) in [6.45, 7) is 5.14. The van der Waals surface area contributed by atoms with E-state index in [2.05, 4.69) is 53.3 Å². The van der Waals surface area contributed by atoms with Crippen molar-refractivity contribution in [2.24, 2.45) is 4.99 Å². The molecule has 0 fully saturated rings. The lowest BCUT2D eigenvalue weighted by molar-refractivity contribution is 0.611. The van der Waals surface area contributed by atoms with Crippen LogP contribution in [0.15, 0.2) is 35.3 Å². The lowest BCUT2D eigenvalue weighted by Crippen LogP contribution is -2.33. The maximum Gasteiger partial charge on any atom is 0.131 e. The van der Waals surface area contributed by atoms with Crippen molar-refractivity contribution in [1.29, 1.82) is 0 Å². The number of isothiocyanates is 1. The quantitative estimate of drug-likeness (QED) is 0.558. The summed E-state index contributed by atoms with van der Waals surface area (Å²) < 4.78 is 0. The van der Waals surface area contributed by atoms with Gasteiger partial charge < -0.3 is 4.90 Å². The highest BCUT2D eigenvalue weighted by Crippen LogP contribution is 2.18. The van der Waals surface area contributed by atoms with E-state index >= 15 is 0 Å². The molecule has 0 saturated heterocycles. The minimum atomic E-state index is 0.106. The van der Waals surface area contributed by atoms with Crippen LogP contribution >= 0.6 is 12.2 Å². The minimum absolute atomic E-state index is 0.106. The van der Waals surface area contributed by atoms with Crippen LogP contribution in [0.25, 0.3) is 0 Å². The first-order valence-electron chi connectivity index (χ1n) is 5.22. The fourth-order valence-corrected chi connectivity index (χ4v) is 1.75. The smallest absolute Gasteiger partial charge is 0.131 e. The highest BCUT2D eigenvalue weighted by atomic mass is 32.1. The summed E-state index contributed by atoms with van der Waals surface area (Å²) in [5.74, 6) is 0. The first-order valence-corrected chi connectivity index (χ1v) is 5.63. The fraction of sp³-hybridized carbons (Fsp3) is 0.417. The van der Waals surface area contributed by atoms with Gasteiger partial charge in [0.2, 0.25) is 0 Å². The van der Waals surface area contributed by atoms with E-state index in [9.17, 15) is 0 Å². The molecule has 1 aromatic rings. The second kappa shape index (κ2) is 6.33. The van der Waals surface area contributed by atoms with Gasteiger partial charge in [-0.1, -0.05) is 25.1 Å². The normalized spacial score (nSPS) is 11.6. The number of hydrogen-bond acceptors (Lipinski definition) is 3. The zero-order valence-corrected chi connectivity index (χ0v) is 10.00. The third-order valence-corrected chi connectivity index (χ3v) is 2.46. The predicted octanol–water partition coefficient (Wildman–Crippen LogP) is 3.35. The van der Waals surface area contributed by atoms with Crippen molar-refractivity contribution in [3.05, 3.63) is 30.3 Å². The number of para-hydroxylation sites is 1. The zero-order chi connectivity index (χ0) is 11.1. The summed E-state index contributed by atoms with van der Waals surface area (Å²) in [5, 5.41) is 2.47. The van der Waals surface area contributed by atoms with Gasteiger partial charge in [0, 0.05) is 12.2 Å². The van der Waals surface area contributed by atoms with E-state index in [1.807, 2.05) is 18.2 Å². The molecular formula is C12H16N2S. The molecule has 0 spiro atoms. The maximum absolute atomic E-state index is 4.67. The molecule has 1 atom stereocenters. The molecule has 0 N–H and O–H groups in total. The first kappa shape index (κ1) is 11.9. The van der Waals surface area contributed by atoms with Gasteiger partial charge in [-0.15, -0.1) is 0 Å². The fourth-order valence-electron chi connectivity index (χ4n) is 1.63. The van der Waals surface area contributed by atoms with Gasteiger partial charge in [-0.3, -0.25) is 0 Å². The number of nitrogens with zero attached hydrogens (tertiary/aromatic N) is 2. The Hall–Kier alpha value is -1.18. The highest BCUT2D eigenvalue weighted by Gasteiger charge is 2.13. The summed E-state index contributed by atoms with van der Waals surface area (Å²) in [4.78, 5) is 6.40. The van der Waals surface area contributed by atoms with Crippen molar-refractivity contribution in [2.45, 2.75) is 26.4 Å². The molecule has 1 rings (SSSR count). The van der Waals surface area contributed by atoms with Crippen molar-refractivity contribution < 1.29 is 0 Å².